The fourth-order valence-electron chi connectivity index (χ4n) is 4.18. The Balaban J connectivity index is 1.46. The molecule has 1 aliphatic heterocycles. The third kappa shape index (κ3) is 5.29. The van der Waals surface area contributed by atoms with E-state index in [4.69, 9.17) is 4.74 Å². The molecule has 0 unspecified atom stereocenters. The molecule has 8 heteroatoms. The number of hydrogen-bond acceptors (Lipinski definition) is 4. The van der Waals surface area contributed by atoms with Gasteiger partial charge in [0.1, 0.15) is 5.82 Å². The lowest BCUT2D eigenvalue weighted by atomic mass is 9.74. The molecule has 178 valence electrons. The fourth-order valence-corrected chi connectivity index (χ4v) is 5.31. The van der Waals surface area contributed by atoms with Gasteiger partial charge in [0, 0.05) is 30.7 Å². The normalized spacial score (nSPS) is 15.5. The molecule has 0 spiro atoms. The molecule has 6 nitrogen and oxygen atoms in total. The molecule has 34 heavy (non-hydrogen) atoms. The molecule has 4 rings (SSSR count). The Kier molecular flexibility index (Phi) is 7.00. The van der Waals surface area contributed by atoms with Crippen molar-refractivity contribution in [3.8, 4) is 0 Å². The maximum Gasteiger partial charge on any atom is 0.261 e. The van der Waals surface area contributed by atoms with Crippen molar-refractivity contribution in [3.63, 3.8) is 0 Å². The highest BCUT2D eigenvalue weighted by molar-refractivity contribution is 7.92. The molecule has 3 aromatic carbocycles. The van der Waals surface area contributed by atoms with E-state index in [1.165, 1.54) is 36.4 Å². The molecule has 0 atom stereocenters. The zero-order valence-corrected chi connectivity index (χ0v) is 19.7. The Labute approximate surface area is 199 Å². The van der Waals surface area contributed by atoms with E-state index in [0.717, 1.165) is 11.1 Å². The van der Waals surface area contributed by atoms with Crippen molar-refractivity contribution in [2.75, 3.05) is 24.5 Å². The van der Waals surface area contributed by atoms with Crippen molar-refractivity contribution in [2.45, 2.75) is 30.1 Å². The van der Waals surface area contributed by atoms with E-state index in [2.05, 4.69) is 10.0 Å². The quantitative estimate of drug-likeness (QED) is 0.522. The van der Waals surface area contributed by atoms with E-state index in [0.29, 0.717) is 43.9 Å². The highest BCUT2D eigenvalue weighted by Gasteiger charge is 2.35. The summed E-state index contributed by atoms with van der Waals surface area (Å²) in [4.78, 5) is 12.9. The Bertz CT molecular complexity index is 1270. The van der Waals surface area contributed by atoms with Crippen LogP contribution in [0.1, 0.15) is 34.3 Å². The molecular formula is C26H27FN2O4S. The first-order valence-corrected chi connectivity index (χ1v) is 12.6. The average molecular weight is 483 g/mol. The van der Waals surface area contributed by atoms with Gasteiger partial charge in [0.25, 0.3) is 15.9 Å². The van der Waals surface area contributed by atoms with Crippen LogP contribution in [0.2, 0.25) is 0 Å². The van der Waals surface area contributed by atoms with Crippen LogP contribution in [0.25, 0.3) is 0 Å². The number of carbonyl (C=O) groups is 1. The summed E-state index contributed by atoms with van der Waals surface area (Å²) in [5.74, 6) is -0.635. The van der Waals surface area contributed by atoms with Crippen molar-refractivity contribution < 1.29 is 22.3 Å². The number of benzene rings is 3. The maximum absolute atomic E-state index is 13.9. The summed E-state index contributed by atoms with van der Waals surface area (Å²) < 4.78 is 47.4. The van der Waals surface area contributed by atoms with Gasteiger partial charge >= 0.3 is 0 Å². The number of nitrogens with one attached hydrogen (secondary N) is 2. The molecule has 1 heterocycles. The van der Waals surface area contributed by atoms with Crippen molar-refractivity contribution in [3.05, 3.63) is 95.3 Å². The van der Waals surface area contributed by atoms with E-state index in [1.807, 2.05) is 25.1 Å². The van der Waals surface area contributed by atoms with Crippen LogP contribution in [-0.4, -0.2) is 34.1 Å². The first kappa shape index (κ1) is 23.9. The van der Waals surface area contributed by atoms with Gasteiger partial charge in [-0.2, -0.15) is 0 Å². The average Bonchev–Trinajstić information content (AvgIpc) is 2.84. The number of halogens is 1. The van der Waals surface area contributed by atoms with Crippen LogP contribution >= 0.6 is 0 Å². The van der Waals surface area contributed by atoms with E-state index in [9.17, 15) is 17.6 Å². The third-order valence-corrected chi connectivity index (χ3v) is 7.67. The van der Waals surface area contributed by atoms with E-state index >= 15 is 0 Å². The van der Waals surface area contributed by atoms with Crippen molar-refractivity contribution in [2.24, 2.45) is 0 Å². The highest BCUT2D eigenvalue weighted by atomic mass is 32.2. The van der Waals surface area contributed by atoms with Gasteiger partial charge in [-0.05, 0) is 73.4 Å². The molecule has 3 aromatic rings. The second-order valence-electron chi connectivity index (χ2n) is 8.53. The van der Waals surface area contributed by atoms with Crippen molar-refractivity contribution >= 4 is 21.6 Å². The third-order valence-electron chi connectivity index (χ3n) is 6.29. The molecule has 0 bridgehead atoms. The predicted molar refractivity (Wildman–Crippen MR) is 129 cm³/mol. The zero-order valence-electron chi connectivity index (χ0n) is 18.9. The Morgan fingerprint density at radius 2 is 1.71 bits per heavy atom. The minimum Gasteiger partial charge on any atom is -0.381 e. The minimum absolute atomic E-state index is 0.0629. The summed E-state index contributed by atoms with van der Waals surface area (Å²) in [6, 6.07) is 19.4. The van der Waals surface area contributed by atoms with E-state index in [1.54, 1.807) is 18.2 Å². The number of ether oxygens (including phenoxy) is 1. The number of amides is 1. The second-order valence-corrected chi connectivity index (χ2v) is 10.2. The van der Waals surface area contributed by atoms with E-state index in [-0.39, 0.29) is 16.6 Å². The van der Waals surface area contributed by atoms with Gasteiger partial charge in [-0.1, -0.05) is 30.3 Å². The standard InChI is InChI=1S/C26H27FN2O4S/c1-19-5-2-3-8-24(19)29-34(31,32)23-11-9-20(10-12-23)25(30)28-18-26(13-15-33-16-14-26)21-6-4-7-22(27)17-21/h2-12,17,29H,13-16,18H2,1H3,(H,28,30). The van der Waals surface area contributed by atoms with Gasteiger partial charge in [0.2, 0.25) is 0 Å². The van der Waals surface area contributed by atoms with Gasteiger partial charge in [-0.25, -0.2) is 12.8 Å². The predicted octanol–water partition coefficient (Wildman–Crippen LogP) is 4.41. The number of rotatable bonds is 7. The van der Waals surface area contributed by atoms with Crippen LogP contribution in [0, 0.1) is 12.7 Å². The number of carbonyl (C=O) groups excluding carboxylic acids is 1. The monoisotopic (exact) mass is 482 g/mol. The van der Waals surface area contributed by atoms with Gasteiger partial charge in [-0.15, -0.1) is 0 Å². The molecule has 0 saturated carbocycles. The maximum atomic E-state index is 13.9. The van der Waals surface area contributed by atoms with Gasteiger partial charge in [-0.3, -0.25) is 9.52 Å². The lowest BCUT2D eigenvalue weighted by molar-refractivity contribution is 0.0486. The van der Waals surface area contributed by atoms with Crippen LogP contribution in [-0.2, 0) is 20.2 Å². The molecule has 1 aliphatic rings. The zero-order chi connectivity index (χ0) is 24.2. The molecule has 0 aliphatic carbocycles. The topological polar surface area (TPSA) is 84.5 Å². The largest absolute Gasteiger partial charge is 0.381 e. The van der Waals surface area contributed by atoms with Gasteiger partial charge < -0.3 is 10.1 Å². The van der Waals surface area contributed by atoms with Crippen molar-refractivity contribution in [1.29, 1.82) is 0 Å². The van der Waals surface area contributed by atoms with Crippen LogP contribution in [0.15, 0.2) is 77.7 Å². The van der Waals surface area contributed by atoms with Crippen LogP contribution < -0.4 is 10.0 Å². The lowest BCUT2D eigenvalue weighted by Crippen LogP contribution is -2.44. The van der Waals surface area contributed by atoms with Crippen LogP contribution in [0.3, 0.4) is 0 Å². The molecule has 0 radical (unpaired) electrons. The second kappa shape index (κ2) is 9.95. The summed E-state index contributed by atoms with van der Waals surface area (Å²) in [5.41, 5.74) is 2.07. The first-order valence-electron chi connectivity index (χ1n) is 11.1. The Hall–Kier alpha value is -3.23. The minimum atomic E-state index is -3.79. The van der Waals surface area contributed by atoms with Crippen LogP contribution in [0.5, 0.6) is 0 Å². The summed E-state index contributed by atoms with van der Waals surface area (Å²) in [6.45, 7) is 3.22. The number of para-hydroxylation sites is 1. The summed E-state index contributed by atoms with van der Waals surface area (Å²) in [7, 11) is -3.79. The lowest BCUT2D eigenvalue weighted by Gasteiger charge is -2.38. The molecule has 1 amide bonds. The fraction of sp³-hybridized carbons (Fsp3) is 0.269. The SMILES string of the molecule is Cc1ccccc1NS(=O)(=O)c1ccc(C(=O)NCC2(c3cccc(F)c3)CCOCC2)cc1. The molecule has 2 N–H and O–H groups in total. The molecular weight excluding hydrogens is 455 g/mol. The Morgan fingerprint density at radius 1 is 1.00 bits per heavy atom. The number of hydrogen-bond donors (Lipinski definition) is 2. The summed E-state index contributed by atoms with van der Waals surface area (Å²) >= 11 is 0. The summed E-state index contributed by atoms with van der Waals surface area (Å²) in [6.07, 6.45) is 1.33. The van der Waals surface area contributed by atoms with Gasteiger partial charge in [0.05, 0.1) is 10.6 Å². The smallest absolute Gasteiger partial charge is 0.261 e. The number of anilines is 1. The number of sulfonamides is 1. The van der Waals surface area contributed by atoms with Gasteiger partial charge in [0.15, 0.2) is 0 Å². The summed E-state index contributed by atoms with van der Waals surface area (Å²) in [5, 5.41) is 2.95. The Morgan fingerprint density at radius 3 is 2.38 bits per heavy atom. The van der Waals surface area contributed by atoms with Crippen molar-refractivity contribution in [1.82, 2.24) is 5.32 Å². The van der Waals surface area contributed by atoms with E-state index < -0.39 is 15.4 Å². The highest BCUT2D eigenvalue weighted by Crippen LogP contribution is 2.34. The molecule has 1 fully saturated rings. The molecule has 0 aromatic heterocycles. The van der Waals surface area contributed by atoms with Crippen LogP contribution in [0.4, 0.5) is 10.1 Å². The number of aryl methyl sites for hydroxylation is 1. The first-order chi connectivity index (χ1) is 16.3. The molecule has 1 saturated heterocycles.